The summed E-state index contributed by atoms with van der Waals surface area (Å²) in [6, 6.07) is 16.6. The number of pyridine rings is 2. The summed E-state index contributed by atoms with van der Waals surface area (Å²) >= 11 is 0. The zero-order chi connectivity index (χ0) is 30.6. The topological polar surface area (TPSA) is 112 Å². The van der Waals surface area contributed by atoms with Gasteiger partial charge in [-0.05, 0) is 68.0 Å². The number of nitrogens with zero attached hydrogens (tertiary/aromatic N) is 4. The average molecular weight is 592 g/mol. The Morgan fingerprint density at radius 1 is 1.00 bits per heavy atom. The highest BCUT2D eigenvalue weighted by atomic mass is 19.1. The van der Waals surface area contributed by atoms with Crippen molar-refractivity contribution < 1.29 is 13.9 Å². The van der Waals surface area contributed by atoms with Crippen LogP contribution in [-0.2, 0) is 4.79 Å². The van der Waals surface area contributed by atoms with Crippen LogP contribution in [-0.4, -0.2) is 63.2 Å². The molecule has 224 valence electrons. The van der Waals surface area contributed by atoms with Gasteiger partial charge in [-0.2, -0.15) is 5.10 Å². The lowest BCUT2D eigenvalue weighted by molar-refractivity contribution is -0.116. The zero-order valence-corrected chi connectivity index (χ0v) is 24.9. The molecule has 0 radical (unpaired) electrons. The van der Waals surface area contributed by atoms with Crippen LogP contribution in [0.4, 0.5) is 10.1 Å². The van der Waals surface area contributed by atoms with Crippen LogP contribution in [0.5, 0.6) is 5.75 Å². The normalized spacial score (nSPS) is 11.5. The van der Waals surface area contributed by atoms with Gasteiger partial charge in [0.15, 0.2) is 0 Å². The molecule has 0 unspecified atom stereocenters. The summed E-state index contributed by atoms with van der Waals surface area (Å²) in [7, 11) is 3.94. The number of fused-ring (bicyclic) bond motifs is 2. The minimum Gasteiger partial charge on any atom is -0.492 e. The largest absolute Gasteiger partial charge is 0.492 e. The summed E-state index contributed by atoms with van der Waals surface area (Å²) in [5.74, 6) is 0.107. The number of anilines is 1. The number of hydrogen-bond donors (Lipinski definition) is 3. The first-order chi connectivity index (χ1) is 21.4. The van der Waals surface area contributed by atoms with E-state index in [4.69, 9.17) is 4.74 Å². The van der Waals surface area contributed by atoms with Crippen molar-refractivity contribution in [2.75, 3.05) is 32.6 Å². The third kappa shape index (κ3) is 6.30. The molecule has 0 atom stereocenters. The average Bonchev–Trinajstić information content (AvgIpc) is 3.63. The monoisotopic (exact) mass is 591 g/mol. The van der Waals surface area contributed by atoms with Crippen molar-refractivity contribution in [3.8, 4) is 39.5 Å². The summed E-state index contributed by atoms with van der Waals surface area (Å²) in [6.07, 6.45) is 7.37. The Labute approximate surface area is 254 Å². The molecule has 6 rings (SSSR count). The second-order valence-corrected chi connectivity index (χ2v) is 11.1. The third-order valence-electron chi connectivity index (χ3n) is 7.43. The molecule has 2 aromatic carbocycles. The van der Waals surface area contributed by atoms with Crippen molar-refractivity contribution in [2.24, 2.45) is 0 Å². The maximum absolute atomic E-state index is 14.7. The van der Waals surface area contributed by atoms with Gasteiger partial charge >= 0.3 is 0 Å². The van der Waals surface area contributed by atoms with E-state index >= 15 is 0 Å². The lowest BCUT2D eigenvalue weighted by Crippen LogP contribution is -2.19. The van der Waals surface area contributed by atoms with Crippen LogP contribution in [0.15, 0.2) is 73.2 Å². The number of halogens is 1. The molecule has 4 heterocycles. The summed E-state index contributed by atoms with van der Waals surface area (Å²) < 4.78 is 20.5. The maximum atomic E-state index is 14.7. The number of ether oxygens (including phenoxy) is 1. The smallest absolute Gasteiger partial charge is 0.224 e. The predicted molar refractivity (Wildman–Crippen MR) is 172 cm³/mol. The van der Waals surface area contributed by atoms with Crippen LogP contribution >= 0.6 is 0 Å². The fourth-order valence-corrected chi connectivity index (χ4v) is 5.17. The van der Waals surface area contributed by atoms with Crippen LogP contribution in [0, 0.1) is 5.82 Å². The molecule has 0 saturated heterocycles. The molecule has 0 spiro atoms. The van der Waals surface area contributed by atoms with Crippen molar-refractivity contribution in [2.45, 2.75) is 26.2 Å². The van der Waals surface area contributed by atoms with Crippen molar-refractivity contribution in [1.82, 2.24) is 30.0 Å². The van der Waals surface area contributed by atoms with Crippen LogP contribution in [0.1, 0.15) is 26.2 Å². The molecule has 4 aromatic heterocycles. The second-order valence-electron chi connectivity index (χ2n) is 11.1. The van der Waals surface area contributed by atoms with Crippen LogP contribution in [0.3, 0.4) is 0 Å². The van der Waals surface area contributed by atoms with E-state index < -0.39 is 0 Å². The number of amides is 1. The quantitative estimate of drug-likeness (QED) is 0.149. The molecule has 3 N–H and O–H groups in total. The number of nitrogens with one attached hydrogen (secondary N) is 3. The SMILES string of the molecule is CCCCC(=O)Nc1cncc(-c2cc3c(-c4cc5c(-c6cc(F)cc(OCCN(C)C)c6)cccc5[nH]4)n[nH]c3cn2)c1. The lowest BCUT2D eigenvalue weighted by Gasteiger charge is -2.12. The van der Waals surface area contributed by atoms with Gasteiger partial charge in [0.1, 0.15) is 23.9 Å². The number of H-pyrrole nitrogens is 2. The second kappa shape index (κ2) is 12.6. The number of carbonyl (C=O) groups is 1. The van der Waals surface area contributed by atoms with E-state index in [0.717, 1.165) is 69.3 Å². The fraction of sp³-hybridized carbons (Fsp3) is 0.235. The predicted octanol–water partition coefficient (Wildman–Crippen LogP) is 7.04. The van der Waals surface area contributed by atoms with Gasteiger partial charge in [-0.15, -0.1) is 0 Å². The standard InChI is InChI=1S/C34H34FN7O2/c1-4-5-9-33(43)38-24-13-22(18-36-19-24)30-17-28-32(20-37-30)40-41-34(28)31-16-27-26(7-6-8-29(27)39-31)21-12-23(35)15-25(14-21)44-11-10-42(2)3/h6-8,12-20,39H,4-5,9-11H2,1-3H3,(H,38,43)(H,40,41). The van der Waals surface area contributed by atoms with Gasteiger partial charge in [-0.25, -0.2) is 4.39 Å². The molecule has 1 amide bonds. The summed E-state index contributed by atoms with van der Waals surface area (Å²) in [5, 5.41) is 12.4. The molecule has 0 aliphatic rings. The number of aromatic nitrogens is 5. The summed E-state index contributed by atoms with van der Waals surface area (Å²) in [4.78, 5) is 26.7. The molecule has 0 aliphatic heterocycles. The molecule has 0 aliphatic carbocycles. The summed E-state index contributed by atoms with van der Waals surface area (Å²) in [5.41, 5.74) is 6.95. The number of aromatic amines is 2. The Hall–Kier alpha value is -5.09. The van der Waals surface area contributed by atoms with E-state index in [9.17, 15) is 9.18 Å². The third-order valence-corrected chi connectivity index (χ3v) is 7.43. The minimum absolute atomic E-state index is 0.0316. The Balaban J connectivity index is 1.33. The van der Waals surface area contributed by atoms with Crippen LogP contribution < -0.4 is 10.1 Å². The highest BCUT2D eigenvalue weighted by Gasteiger charge is 2.16. The van der Waals surface area contributed by atoms with E-state index in [1.807, 2.05) is 61.5 Å². The molecule has 9 nitrogen and oxygen atoms in total. The molecule has 0 fully saturated rings. The number of rotatable bonds is 11. The Bertz CT molecular complexity index is 1950. The molecule has 0 saturated carbocycles. The van der Waals surface area contributed by atoms with Crippen molar-refractivity contribution in [1.29, 1.82) is 0 Å². The maximum Gasteiger partial charge on any atom is 0.224 e. The molecular weight excluding hydrogens is 557 g/mol. The van der Waals surface area contributed by atoms with Gasteiger partial charge < -0.3 is 19.9 Å². The molecule has 0 bridgehead atoms. The van der Waals surface area contributed by atoms with Gasteiger partial charge in [-0.1, -0.05) is 25.5 Å². The number of hydrogen-bond acceptors (Lipinski definition) is 6. The van der Waals surface area contributed by atoms with E-state index in [1.54, 1.807) is 18.6 Å². The molecular formula is C34H34FN7O2. The van der Waals surface area contributed by atoms with E-state index in [2.05, 4.69) is 37.4 Å². The van der Waals surface area contributed by atoms with Gasteiger partial charge in [-0.3, -0.25) is 19.9 Å². The minimum atomic E-state index is -0.354. The van der Waals surface area contributed by atoms with E-state index in [1.165, 1.54) is 12.1 Å². The molecule has 6 aromatic rings. The molecule has 10 heteroatoms. The van der Waals surface area contributed by atoms with Crippen molar-refractivity contribution >= 4 is 33.4 Å². The Morgan fingerprint density at radius 2 is 1.89 bits per heavy atom. The fourth-order valence-electron chi connectivity index (χ4n) is 5.17. The Kier molecular flexibility index (Phi) is 8.33. The number of benzene rings is 2. The first-order valence-electron chi connectivity index (χ1n) is 14.7. The summed E-state index contributed by atoms with van der Waals surface area (Å²) in [6.45, 7) is 3.25. The van der Waals surface area contributed by atoms with Gasteiger partial charge in [0.25, 0.3) is 0 Å². The van der Waals surface area contributed by atoms with E-state index in [0.29, 0.717) is 30.2 Å². The first kappa shape index (κ1) is 29.0. The van der Waals surface area contributed by atoms with Gasteiger partial charge in [0.2, 0.25) is 5.91 Å². The first-order valence-corrected chi connectivity index (χ1v) is 14.7. The van der Waals surface area contributed by atoms with E-state index in [-0.39, 0.29) is 11.7 Å². The van der Waals surface area contributed by atoms with Crippen LogP contribution in [0.2, 0.25) is 0 Å². The van der Waals surface area contributed by atoms with Crippen molar-refractivity contribution in [3.05, 3.63) is 79.0 Å². The highest BCUT2D eigenvalue weighted by molar-refractivity contribution is 6.01. The van der Waals surface area contributed by atoms with Gasteiger partial charge in [0.05, 0.1) is 35.0 Å². The number of unbranched alkanes of at least 4 members (excludes halogenated alkanes) is 1. The lowest BCUT2D eigenvalue weighted by atomic mass is 10.0. The highest BCUT2D eigenvalue weighted by Crippen LogP contribution is 2.36. The Morgan fingerprint density at radius 3 is 2.73 bits per heavy atom. The van der Waals surface area contributed by atoms with Crippen LogP contribution in [0.25, 0.3) is 55.6 Å². The number of likely N-dealkylation sites (N-methyl/N-ethyl adjacent to an activating group) is 1. The van der Waals surface area contributed by atoms with Crippen molar-refractivity contribution in [3.63, 3.8) is 0 Å². The number of carbonyl (C=O) groups excluding carboxylic acids is 1. The molecule has 44 heavy (non-hydrogen) atoms. The van der Waals surface area contributed by atoms with Gasteiger partial charge in [0, 0.05) is 47.1 Å². The zero-order valence-electron chi connectivity index (χ0n) is 24.9.